The van der Waals surface area contributed by atoms with Crippen LogP contribution in [0.15, 0.2) is 29.7 Å². The van der Waals surface area contributed by atoms with E-state index in [4.69, 9.17) is 15.2 Å². The molecule has 7 nitrogen and oxygen atoms in total. The van der Waals surface area contributed by atoms with Crippen LogP contribution in [-0.2, 0) is 14.8 Å². The fourth-order valence-corrected chi connectivity index (χ4v) is 4.24. The number of primary amides is 1. The van der Waals surface area contributed by atoms with Gasteiger partial charge in [-0.05, 0) is 18.6 Å². The van der Waals surface area contributed by atoms with Gasteiger partial charge in [-0.2, -0.15) is 0 Å². The van der Waals surface area contributed by atoms with Crippen molar-refractivity contribution in [2.45, 2.75) is 6.92 Å². The third-order valence-electron chi connectivity index (χ3n) is 3.58. The van der Waals surface area contributed by atoms with E-state index in [0.29, 0.717) is 22.7 Å². The van der Waals surface area contributed by atoms with E-state index in [1.165, 1.54) is 27.2 Å². The Morgan fingerprint density at radius 2 is 1.87 bits per heavy atom. The third kappa shape index (κ3) is 2.55. The van der Waals surface area contributed by atoms with Crippen molar-refractivity contribution in [3.05, 3.63) is 35.3 Å². The van der Waals surface area contributed by atoms with Crippen molar-refractivity contribution in [2.75, 3.05) is 25.1 Å². The van der Waals surface area contributed by atoms with Crippen LogP contribution in [0.4, 0.5) is 5.69 Å². The Balaban J connectivity index is 2.89. The molecule has 1 aromatic rings. The zero-order valence-corrected chi connectivity index (χ0v) is 13.9. The maximum absolute atomic E-state index is 12.7. The van der Waals surface area contributed by atoms with Gasteiger partial charge in [0.2, 0.25) is 0 Å². The van der Waals surface area contributed by atoms with Crippen LogP contribution in [0.3, 0.4) is 0 Å². The molecule has 0 aromatic heterocycles. The quantitative estimate of drug-likeness (QED) is 0.815. The van der Waals surface area contributed by atoms with Crippen molar-refractivity contribution >= 4 is 27.2 Å². The number of carbonyl (C=O) groups is 1. The SMILES string of the molecule is C=CCN1c2cc(OC)c(OC)cc2C(C)=C(C(N)=O)S1(=O)=O. The maximum Gasteiger partial charge on any atom is 0.270 e. The highest BCUT2D eigenvalue weighted by molar-refractivity contribution is 7.97. The minimum Gasteiger partial charge on any atom is -0.493 e. The van der Waals surface area contributed by atoms with Crippen molar-refractivity contribution < 1.29 is 22.7 Å². The summed E-state index contributed by atoms with van der Waals surface area (Å²) in [7, 11) is -1.14. The number of ether oxygens (including phenoxy) is 2. The van der Waals surface area contributed by atoms with E-state index >= 15 is 0 Å². The van der Waals surface area contributed by atoms with Crippen LogP contribution in [0.25, 0.3) is 5.57 Å². The highest BCUT2D eigenvalue weighted by Gasteiger charge is 2.38. The number of sulfonamides is 1. The Bertz CT molecular complexity index is 811. The molecular formula is C15H18N2O5S. The molecule has 1 aliphatic heterocycles. The predicted molar refractivity (Wildman–Crippen MR) is 87.8 cm³/mol. The lowest BCUT2D eigenvalue weighted by atomic mass is 10.0. The van der Waals surface area contributed by atoms with Gasteiger partial charge in [0.15, 0.2) is 16.4 Å². The van der Waals surface area contributed by atoms with E-state index in [2.05, 4.69) is 6.58 Å². The summed E-state index contributed by atoms with van der Waals surface area (Å²) >= 11 is 0. The zero-order chi connectivity index (χ0) is 17.4. The van der Waals surface area contributed by atoms with Gasteiger partial charge >= 0.3 is 0 Å². The molecule has 0 saturated heterocycles. The number of amides is 1. The number of benzene rings is 1. The number of carbonyl (C=O) groups excluding carboxylic acids is 1. The van der Waals surface area contributed by atoms with E-state index in [0.717, 1.165) is 4.31 Å². The Kier molecular flexibility index (Phi) is 4.37. The molecule has 124 valence electrons. The number of allylic oxidation sites excluding steroid dienone is 1. The van der Waals surface area contributed by atoms with Gasteiger partial charge < -0.3 is 15.2 Å². The van der Waals surface area contributed by atoms with Crippen LogP contribution in [-0.4, -0.2) is 35.1 Å². The van der Waals surface area contributed by atoms with Crippen molar-refractivity contribution in [1.82, 2.24) is 0 Å². The number of nitrogens with two attached hydrogens (primary N) is 1. The summed E-state index contributed by atoms with van der Waals surface area (Å²) in [5.41, 5.74) is 6.48. The number of rotatable bonds is 5. The molecule has 1 aromatic carbocycles. The lowest BCUT2D eigenvalue weighted by Crippen LogP contribution is -2.39. The number of fused-ring (bicyclic) bond motifs is 1. The Labute approximate surface area is 135 Å². The molecule has 1 heterocycles. The van der Waals surface area contributed by atoms with Gasteiger partial charge in [0.05, 0.1) is 26.5 Å². The highest BCUT2D eigenvalue weighted by Crippen LogP contribution is 2.44. The lowest BCUT2D eigenvalue weighted by molar-refractivity contribution is -0.113. The first-order chi connectivity index (χ1) is 10.8. The average Bonchev–Trinajstić information content (AvgIpc) is 2.49. The van der Waals surface area contributed by atoms with E-state index < -0.39 is 20.8 Å². The summed E-state index contributed by atoms with van der Waals surface area (Å²) in [5, 5.41) is 0. The van der Waals surface area contributed by atoms with Gasteiger partial charge in [-0.25, -0.2) is 8.42 Å². The normalized spacial score (nSPS) is 15.9. The third-order valence-corrected chi connectivity index (χ3v) is 5.53. The standard InChI is InChI=1S/C15H18N2O5S/c1-5-6-17-11-8-13(22-4)12(21-3)7-10(11)9(2)14(15(16)18)23(17,19)20/h5,7-8H,1,6H2,2-4H3,(H2,16,18). The molecule has 0 radical (unpaired) electrons. The highest BCUT2D eigenvalue weighted by atomic mass is 32.2. The van der Waals surface area contributed by atoms with E-state index in [9.17, 15) is 13.2 Å². The Morgan fingerprint density at radius 1 is 1.30 bits per heavy atom. The molecule has 2 rings (SSSR count). The number of anilines is 1. The van der Waals surface area contributed by atoms with E-state index in [-0.39, 0.29) is 12.1 Å². The first-order valence-electron chi connectivity index (χ1n) is 6.70. The minimum absolute atomic E-state index is 0.00508. The molecule has 0 spiro atoms. The largest absolute Gasteiger partial charge is 0.493 e. The second-order valence-corrected chi connectivity index (χ2v) is 6.67. The molecule has 1 amide bonds. The molecule has 8 heteroatoms. The molecule has 1 aliphatic rings. The molecular weight excluding hydrogens is 320 g/mol. The van der Waals surface area contributed by atoms with Crippen molar-refractivity contribution in [3.63, 3.8) is 0 Å². The fourth-order valence-electron chi connectivity index (χ4n) is 2.56. The van der Waals surface area contributed by atoms with Crippen LogP contribution in [0.5, 0.6) is 11.5 Å². The molecule has 0 bridgehead atoms. The second kappa shape index (κ2) is 5.96. The van der Waals surface area contributed by atoms with Gasteiger partial charge in [0.1, 0.15) is 0 Å². The van der Waals surface area contributed by atoms with E-state index in [1.807, 2.05) is 0 Å². The van der Waals surface area contributed by atoms with Crippen LogP contribution in [0, 0.1) is 0 Å². The maximum atomic E-state index is 12.7. The fraction of sp³-hybridized carbons (Fsp3) is 0.267. The van der Waals surface area contributed by atoms with E-state index in [1.54, 1.807) is 12.1 Å². The van der Waals surface area contributed by atoms with Gasteiger partial charge in [-0.15, -0.1) is 6.58 Å². The molecule has 0 unspecified atom stereocenters. The smallest absolute Gasteiger partial charge is 0.270 e. The molecule has 0 atom stereocenters. The van der Waals surface area contributed by atoms with Crippen LogP contribution in [0.2, 0.25) is 0 Å². The van der Waals surface area contributed by atoms with Gasteiger partial charge in [0, 0.05) is 11.6 Å². The number of hydrogen-bond acceptors (Lipinski definition) is 5. The summed E-state index contributed by atoms with van der Waals surface area (Å²) in [4.78, 5) is 11.3. The van der Waals surface area contributed by atoms with Gasteiger partial charge in [-0.3, -0.25) is 9.10 Å². The summed E-state index contributed by atoms with van der Waals surface area (Å²) in [6, 6.07) is 3.17. The molecule has 2 N–H and O–H groups in total. The first kappa shape index (κ1) is 16.9. The van der Waals surface area contributed by atoms with Crippen LogP contribution < -0.4 is 19.5 Å². The monoisotopic (exact) mass is 338 g/mol. The predicted octanol–water partition coefficient (Wildman–Crippen LogP) is 1.26. The Hall–Kier alpha value is -2.48. The number of hydrogen-bond donors (Lipinski definition) is 1. The van der Waals surface area contributed by atoms with Crippen molar-refractivity contribution in [1.29, 1.82) is 0 Å². The summed E-state index contributed by atoms with van der Waals surface area (Å²) in [5.74, 6) is -0.199. The molecule has 0 saturated carbocycles. The zero-order valence-electron chi connectivity index (χ0n) is 13.1. The minimum atomic E-state index is -4.06. The first-order valence-corrected chi connectivity index (χ1v) is 8.14. The van der Waals surface area contributed by atoms with Gasteiger partial charge in [0.25, 0.3) is 15.9 Å². The average molecular weight is 338 g/mol. The molecule has 0 fully saturated rings. The molecule has 0 aliphatic carbocycles. The lowest BCUT2D eigenvalue weighted by Gasteiger charge is -2.31. The van der Waals surface area contributed by atoms with Crippen molar-refractivity contribution in [2.24, 2.45) is 5.73 Å². The van der Waals surface area contributed by atoms with Gasteiger partial charge in [-0.1, -0.05) is 6.08 Å². The number of nitrogens with zero attached hydrogens (tertiary/aromatic N) is 1. The summed E-state index contributed by atoms with van der Waals surface area (Å²) in [6.07, 6.45) is 1.43. The van der Waals surface area contributed by atoms with Crippen LogP contribution >= 0.6 is 0 Å². The Morgan fingerprint density at radius 3 is 2.35 bits per heavy atom. The number of methoxy groups -OCH3 is 2. The summed E-state index contributed by atoms with van der Waals surface area (Å²) < 4.78 is 37.0. The van der Waals surface area contributed by atoms with Crippen LogP contribution in [0.1, 0.15) is 12.5 Å². The summed E-state index contributed by atoms with van der Waals surface area (Å²) in [6.45, 7) is 5.09. The second-order valence-electron chi connectivity index (χ2n) is 4.87. The molecule has 23 heavy (non-hydrogen) atoms. The van der Waals surface area contributed by atoms with Crippen molar-refractivity contribution in [3.8, 4) is 11.5 Å². The topological polar surface area (TPSA) is 98.9 Å².